The number of anilines is 1. The van der Waals surface area contributed by atoms with Crippen molar-refractivity contribution >= 4 is 11.7 Å². The summed E-state index contributed by atoms with van der Waals surface area (Å²) in [5.41, 5.74) is 4.33. The van der Waals surface area contributed by atoms with Crippen molar-refractivity contribution in [2.75, 3.05) is 25.5 Å². The van der Waals surface area contributed by atoms with Crippen LogP contribution >= 0.6 is 0 Å². The lowest BCUT2D eigenvalue weighted by Gasteiger charge is -2.12. The van der Waals surface area contributed by atoms with E-state index >= 15 is 0 Å². The van der Waals surface area contributed by atoms with Gasteiger partial charge in [0.1, 0.15) is 12.1 Å². The molecule has 0 unspecified atom stereocenters. The highest BCUT2D eigenvalue weighted by molar-refractivity contribution is 5.76. The Morgan fingerprint density at radius 3 is 2.60 bits per heavy atom. The average Bonchev–Trinajstić information content (AvgIpc) is 3.04. The average molecular weight is 407 g/mol. The maximum atomic E-state index is 12.3. The summed E-state index contributed by atoms with van der Waals surface area (Å²) < 4.78 is 1.83. The first-order valence-electron chi connectivity index (χ1n) is 10.3. The molecule has 3 rings (SSSR count). The Balaban J connectivity index is 1.54. The molecule has 7 nitrogen and oxygen atoms in total. The highest BCUT2D eigenvalue weighted by atomic mass is 16.1. The molecule has 30 heavy (non-hydrogen) atoms. The van der Waals surface area contributed by atoms with E-state index in [0.717, 1.165) is 41.4 Å². The van der Waals surface area contributed by atoms with E-state index in [1.807, 2.05) is 61.8 Å². The van der Waals surface area contributed by atoms with Crippen LogP contribution in [-0.2, 0) is 17.6 Å². The first kappa shape index (κ1) is 21.5. The van der Waals surface area contributed by atoms with Crippen LogP contribution in [0.4, 0.5) is 5.82 Å². The number of nitrogens with zero attached hydrogens (tertiary/aromatic N) is 5. The number of aryl methyl sites for hydroxylation is 2. The zero-order valence-electron chi connectivity index (χ0n) is 18.2. The molecule has 0 aliphatic heterocycles. The van der Waals surface area contributed by atoms with E-state index in [1.165, 1.54) is 5.56 Å². The van der Waals surface area contributed by atoms with Gasteiger partial charge in [-0.3, -0.25) is 4.79 Å². The van der Waals surface area contributed by atoms with E-state index in [4.69, 9.17) is 0 Å². The molecule has 1 N–H and O–H groups in total. The molecule has 0 saturated heterocycles. The van der Waals surface area contributed by atoms with Gasteiger partial charge in [0.2, 0.25) is 5.91 Å². The van der Waals surface area contributed by atoms with Crippen molar-refractivity contribution in [1.29, 1.82) is 0 Å². The van der Waals surface area contributed by atoms with Crippen LogP contribution in [0.2, 0.25) is 0 Å². The number of nitrogens with one attached hydrogen (secondary N) is 1. The Morgan fingerprint density at radius 2 is 1.87 bits per heavy atom. The third-order valence-electron chi connectivity index (χ3n) is 5.16. The quantitative estimate of drug-likeness (QED) is 0.553. The van der Waals surface area contributed by atoms with Gasteiger partial charge in [0.25, 0.3) is 0 Å². The summed E-state index contributed by atoms with van der Waals surface area (Å²) in [5, 5.41) is 7.67. The van der Waals surface area contributed by atoms with Gasteiger partial charge >= 0.3 is 0 Å². The van der Waals surface area contributed by atoms with Crippen molar-refractivity contribution in [3.05, 3.63) is 65.2 Å². The van der Waals surface area contributed by atoms with Crippen LogP contribution in [-0.4, -0.2) is 46.3 Å². The second-order valence-electron chi connectivity index (χ2n) is 7.63. The number of hydrogen-bond acceptors (Lipinski definition) is 5. The second kappa shape index (κ2) is 10.0. The summed E-state index contributed by atoms with van der Waals surface area (Å²) in [7, 11) is 3.88. The minimum absolute atomic E-state index is 0.0755. The third-order valence-corrected chi connectivity index (χ3v) is 5.16. The van der Waals surface area contributed by atoms with Gasteiger partial charge in [-0.05, 0) is 44.2 Å². The Labute approximate surface area is 178 Å². The van der Waals surface area contributed by atoms with Gasteiger partial charge in [-0.15, -0.1) is 0 Å². The molecule has 0 aliphatic carbocycles. The second-order valence-corrected chi connectivity index (χ2v) is 7.63. The monoisotopic (exact) mass is 406 g/mol. The summed E-state index contributed by atoms with van der Waals surface area (Å²) >= 11 is 0. The lowest BCUT2D eigenvalue weighted by molar-refractivity contribution is -0.121. The summed E-state index contributed by atoms with van der Waals surface area (Å²) in [5.74, 6) is 1.63. The summed E-state index contributed by atoms with van der Waals surface area (Å²) in [6.07, 6.45) is 4.57. The van der Waals surface area contributed by atoms with Gasteiger partial charge in [0.15, 0.2) is 5.82 Å². The first-order valence-corrected chi connectivity index (χ1v) is 10.3. The third kappa shape index (κ3) is 5.43. The Bertz CT molecular complexity index is 981. The van der Waals surface area contributed by atoms with E-state index in [9.17, 15) is 4.79 Å². The molecule has 1 aromatic carbocycles. The molecule has 0 aliphatic rings. The molecule has 3 aromatic rings. The number of carbonyl (C=O) groups is 1. The number of carbonyl (C=O) groups excluding carboxylic acids is 1. The van der Waals surface area contributed by atoms with E-state index in [-0.39, 0.29) is 5.91 Å². The van der Waals surface area contributed by atoms with Crippen molar-refractivity contribution in [1.82, 2.24) is 25.1 Å². The molecule has 158 valence electrons. The molecule has 0 bridgehead atoms. The molecular weight excluding hydrogens is 376 g/mol. The van der Waals surface area contributed by atoms with E-state index in [1.54, 1.807) is 6.33 Å². The number of aromatic nitrogens is 4. The van der Waals surface area contributed by atoms with Crippen molar-refractivity contribution in [3.8, 4) is 5.82 Å². The summed E-state index contributed by atoms with van der Waals surface area (Å²) in [6.45, 7) is 4.69. The fourth-order valence-corrected chi connectivity index (χ4v) is 3.45. The lowest BCUT2D eigenvalue weighted by Crippen LogP contribution is -2.25. The molecule has 1 amide bonds. The molecule has 0 spiro atoms. The molecule has 0 radical (unpaired) electrons. The Kier molecular flexibility index (Phi) is 7.17. The molecule has 0 saturated carbocycles. The van der Waals surface area contributed by atoms with Gasteiger partial charge in [0.05, 0.1) is 5.69 Å². The molecule has 7 heteroatoms. The van der Waals surface area contributed by atoms with Gasteiger partial charge in [-0.1, -0.05) is 30.3 Å². The van der Waals surface area contributed by atoms with Crippen molar-refractivity contribution < 1.29 is 4.79 Å². The van der Waals surface area contributed by atoms with Crippen LogP contribution in [0, 0.1) is 13.8 Å². The van der Waals surface area contributed by atoms with Crippen molar-refractivity contribution in [2.24, 2.45) is 0 Å². The highest BCUT2D eigenvalue weighted by Crippen LogP contribution is 2.19. The highest BCUT2D eigenvalue weighted by Gasteiger charge is 2.15. The Morgan fingerprint density at radius 1 is 1.10 bits per heavy atom. The van der Waals surface area contributed by atoms with Crippen LogP contribution in [0.3, 0.4) is 0 Å². The van der Waals surface area contributed by atoms with Crippen molar-refractivity contribution in [3.63, 3.8) is 0 Å². The van der Waals surface area contributed by atoms with Crippen LogP contribution in [0.15, 0.2) is 42.7 Å². The fourth-order valence-electron chi connectivity index (χ4n) is 3.45. The molecular formula is C23H30N6O. The maximum Gasteiger partial charge on any atom is 0.220 e. The van der Waals surface area contributed by atoms with Crippen LogP contribution in [0.1, 0.15) is 35.4 Å². The number of rotatable bonds is 9. The minimum Gasteiger partial charge on any atom is -0.363 e. The van der Waals surface area contributed by atoms with Crippen LogP contribution < -0.4 is 10.2 Å². The summed E-state index contributed by atoms with van der Waals surface area (Å²) in [4.78, 5) is 22.8. The largest absolute Gasteiger partial charge is 0.363 e. The number of benzene rings is 1. The van der Waals surface area contributed by atoms with Gasteiger partial charge in [-0.2, -0.15) is 5.10 Å². The SMILES string of the molecule is Cc1nn(-c2cc(N(C)C)ncn2)c(C)c1CCC(=O)NCCCc1ccccc1. The topological polar surface area (TPSA) is 75.9 Å². The summed E-state index contributed by atoms with van der Waals surface area (Å²) in [6, 6.07) is 12.2. The molecule has 0 atom stereocenters. The zero-order valence-corrected chi connectivity index (χ0v) is 18.2. The van der Waals surface area contributed by atoms with E-state index < -0.39 is 0 Å². The van der Waals surface area contributed by atoms with Gasteiger partial charge in [-0.25, -0.2) is 14.6 Å². The van der Waals surface area contributed by atoms with Crippen LogP contribution in [0.5, 0.6) is 0 Å². The number of hydrogen-bond donors (Lipinski definition) is 1. The predicted molar refractivity (Wildman–Crippen MR) is 119 cm³/mol. The van der Waals surface area contributed by atoms with Gasteiger partial charge < -0.3 is 10.2 Å². The Hall–Kier alpha value is -3.22. The lowest BCUT2D eigenvalue weighted by atomic mass is 10.1. The number of amides is 1. The van der Waals surface area contributed by atoms with Crippen molar-refractivity contribution in [2.45, 2.75) is 39.5 Å². The smallest absolute Gasteiger partial charge is 0.220 e. The van der Waals surface area contributed by atoms with Crippen LogP contribution in [0.25, 0.3) is 5.82 Å². The van der Waals surface area contributed by atoms with E-state index in [2.05, 4.69) is 32.5 Å². The normalized spacial score (nSPS) is 10.8. The van der Waals surface area contributed by atoms with E-state index in [0.29, 0.717) is 19.4 Å². The van der Waals surface area contributed by atoms with Gasteiger partial charge in [0, 0.05) is 38.8 Å². The predicted octanol–water partition coefficient (Wildman–Crippen LogP) is 3.03. The minimum atomic E-state index is 0.0755. The molecule has 0 fully saturated rings. The standard InChI is InChI=1S/C23H30N6O/c1-17-20(12-13-23(30)24-14-8-11-19-9-6-5-7-10-19)18(2)29(27-17)22-15-21(28(3)4)25-16-26-22/h5-7,9-10,15-16H,8,11-14H2,1-4H3,(H,24,30). The zero-order chi connectivity index (χ0) is 21.5. The molecule has 2 heterocycles. The fraction of sp³-hybridized carbons (Fsp3) is 0.391. The first-order chi connectivity index (χ1) is 14.5. The maximum absolute atomic E-state index is 12.3. The molecule has 2 aromatic heterocycles.